The van der Waals surface area contributed by atoms with Gasteiger partial charge in [-0.3, -0.25) is 24.2 Å². The van der Waals surface area contributed by atoms with Gasteiger partial charge in [0.05, 0.1) is 11.1 Å². The number of rotatable bonds is 4. The highest BCUT2D eigenvalue weighted by molar-refractivity contribution is 6.21. The lowest BCUT2D eigenvalue weighted by Crippen LogP contribution is -2.45. The first-order chi connectivity index (χ1) is 13.0. The average Bonchev–Trinajstić information content (AvgIpc) is 2.91. The summed E-state index contributed by atoms with van der Waals surface area (Å²) < 4.78 is 5.24. The van der Waals surface area contributed by atoms with Crippen LogP contribution in [0.5, 0.6) is 5.75 Å². The van der Waals surface area contributed by atoms with E-state index in [1.807, 2.05) is 0 Å². The number of nitrogens with zero attached hydrogens (tertiary/aromatic N) is 4. The number of aromatic nitrogens is 1. The van der Waals surface area contributed by atoms with Crippen LogP contribution in [-0.4, -0.2) is 52.2 Å². The van der Waals surface area contributed by atoms with Crippen LogP contribution in [0.25, 0.3) is 0 Å². The van der Waals surface area contributed by atoms with Crippen molar-refractivity contribution in [1.29, 1.82) is 0 Å². The first-order valence-electron chi connectivity index (χ1n) is 8.01. The van der Waals surface area contributed by atoms with Gasteiger partial charge in [0, 0.05) is 19.2 Å². The molecule has 0 radical (unpaired) electrons. The van der Waals surface area contributed by atoms with Gasteiger partial charge in [-0.05, 0) is 28.1 Å². The number of carbonyl (C=O) groups is 3. The Bertz CT molecular complexity index is 970. The van der Waals surface area contributed by atoms with E-state index in [2.05, 4.69) is 4.98 Å². The Morgan fingerprint density at radius 1 is 1.00 bits per heavy atom. The Morgan fingerprint density at radius 2 is 1.63 bits per heavy atom. The van der Waals surface area contributed by atoms with Gasteiger partial charge in [0.1, 0.15) is 0 Å². The van der Waals surface area contributed by atoms with Crippen LogP contribution in [0.2, 0.25) is 0 Å². The summed E-state index contributed by atoms with van der Waals surface area (Å²) in [5.41, 5.74) is 0.620. The number of nitro groups is 1. The summed E-state index contributed by atoms with van der Waals surface area (Å²) in [6.07, 6.45) is 0. The molecular formula is C17H12N4O6. The van der Waals surface area contributed by atoms with Crippen molar-refractivity contribution in [3.8, 4) is 5.75 Å². The van der Waals surface area contributed by atoms with Crippen molar-refractivity contribution in [2.24, 2.45) is 0 Å². The zero-order valence-electron chi connectivity index (χ0n) is 13.8. The van der Waals surface area contributed by atoms with Gasteiger partial charge in [-0.2, -0.15) is 0 Å². The minimum absolute atomic E-state index is 0.00272. The van der Waals surface area contributed by atoms with Crippen LogP contribution < -0.4 is 9.64 Å². The van der Waals surface area contributed by atoms with E-state index in [4.69, 9.17) is 4.74 Å². The van der Waals surface area contributed by atoms with Crippen LogP contribution >= 0.6 is 0 Å². The molecule has 0 N–H and O–H groups in total. The molecule has 3 heterocycles. The van der Waals surface area contributed by atoms with E-state index >= 15 is 0 Å². The Kier molecular flexibility index (Phi) is 3.80. The van der Waals surface area contributed by atoms with Crippen LogP contribution in [0.4, 0.5) is 11.6 Å². The van der Waals surface area contributed by atoms with Gasteiger partial charge in [-0.1, -0.05) is 12.1 Å². The first kappa shape index (κ1) is 16.6. The predicted molar refractivity (Wildman–Crippen MR) is 90.5 cm³/mol. The minimum Gasteiger partial charge on any atom is -0.477 e. The molecule has 0 spiro atoms. The molecule has 0 saturated heterocycles. The smallest absolute Gasteiger partial charge is 0.366 e. The quantitative estimate of drug-likeness (QED) is 0.448. The fraction of sp³-hybridized carbons (Fsp3) is 0.176. The molecule has 2 aromatic rings. The summed E-state index contributed by atoms with van der Waals surface area (Å²) >= 11 is 0. The number of amides is 3. The molecule has 2 aliphatic heterocycles. The van der Waals surface area contributed by atoms with Gasteiger partial charge < -0.3 is 14.9 Å². The molecular weight excluding hydrogens is 356 g/mol. The van der Waals surface area contributed by atoms with E-state index in [-0.39, 0.29) is 31.3 Å². The van der Waals surface area contributed by atoms with E-state index < -0.39 is 28.5 Å². The Hall–Kier alpha value is -3.82. The van der Waals surface area contributed by atoms with Gasteiger partial charge in [0.15, 0.2) is 12.4 Å². The second kappa shape index (κ2) is 6.16. The van der Waals surface area contributed by atoms with Crippen molar-refractivity contribution in [1.82, 2.24) is 9.88 Å². The molecule has 3 amide bonds. The summed E-state index contributed by atoms with van der Waals surface area (Å²) in [6, 6.07) is 9.00. The predicted octanol–water partition coefficient (Wildman–Crippen LogP) is 1.01. The number of carbonyl (C=O) groups excluding carboxylic acids is 3. The van der Waals surface area contributed by atoms with Crippen molar-refractivity contribution in [3.63, 3.8) is 0 Å². The molecule has 0 bridgehead atoms. The SMILES string of the molecule is O=C1c2ccccc2C(=O)N1CCN1C(=O)COc2ccc([N+](=O)[O-])nc21. The third-order valence-electron chi connectivity index (χ3n) is 4.34. The molecule has 4 rings (SSSR count). The molecule has 1 aromatic carbocycles. The second-order valence-corrected chi connectivity index (χ2v) is 5.89. The Morgan fingerprint density at radius 3 is 2.26 bits per heavy atom. The zero-order valence-corrected chi connectivity index (χ0v) is 13.8. The van der Waals surface area contributed by atoms with Gasteiger partial charge in [0.2, 0.25) is 0 Å². The highest BCUT2D eigenvalue weighted by Crippen LogP contribution is 2.32. The molecule has 0 aliphatic carbocycles. The molecule has 136 valence electrons. The number of fused-ring (bicyclic) bond motifs is 2. The number of anilines is 1. The molecule has 0 atom stereocenters. The van der Waals surface area contributed by atoms with E-state index in [0.29, 0.717) is 11.1 Å². The molecule has 0 unspecified atom stereocenters. The summed E-state index contributed by atoms with van der Waals surface area (Å²) in [5, 5.41) is 11.0. The van der Waals surface area contributed by atoms with Gasteiger partial charge in [-0.25, -0.2) is 0 Å². The van der Waals surface area contributed by atoms with Crippen LogP contribution in [0, 0.1) is 10.1 Å². The number of benzene rings is 1. The lowest BCUT2D eigenvalue weighted by molar-refractivity contribution is -0.389. The monoisotopic (exact) mass is 368 g/mol. The molecule has 2 aliphatic rings. The first-order valence-corrected chi connectivity index (χ1v) is 8.01. The van der Waals surface area contributed by atoms with Crippen LogP contribution in [0.3, 0.4) is 0 Å². The fourth-order valence-corrected chi connectivity index (χ4v) is 3.04. The Labute approximate surface area is 152 Å². The van der Waals surface area contributed by atoms with Gasteiger partial charge >= 0.3 is 5.82 Å². The number of hydrogen-bond acceptors (Lipinski definition) is 7. The maximum absolute atomic E-state index is 12.4. The summed E-state index contributed by atoms with van der Waals surface area (Å²) in [7, 11) is 0. The van der Waals surface area contributed by atoms with E-state index in [1.165, 1.54) is 17.0 Å². The van der Waals surface area contributed by atoms with Crippen molar-refractivity contribution in [2.45, 2.75) is 0 Å². The van der Waals surface area contributed by atoms with Crippen molar-refractivity contribution >= 4 is 29.4 Å². The van der Waals surface area contributed by atoms with Crippen LogP contribution in [-0.2, 0) is 4.79 Å². The van der Waals surface area contributed by atoms with E-state index in [0.717, 1.165) is 4.90 Å². The summed E-state index contributed by atoms with van der Waals surface area (Å²) in [6.45, 7) is -0.370. The van der Waals surface area contributed by atoms with E-state index in [9.17, 15) is 24.5 Å². The largest absolute Gasteiger partial charge is 0.477 e. The number of hydrogen-bond donors (Lipinski definition) is 0. The van der Waals surface area contributed by atoms with Crippen molar-refractivity contribution in [2.75, 3.05) is 24.6 Å². The summed E-state index contributed by atoms with van der Waals surface area (Å²) in [5.74, 6) is -1.56. The van der Waals surface area contributed by atoms with Crippen LogP contribution in [0.15, 0.2) is 36.4 Å². The molecule has 0 fully saturated rings. The van der Waals surface area contributed by atoms with Gasteiger partial charge in [0.25, 0.3) is 23.5 Å². The number of pyridine rings is 1. The third kappa shape index (κ3) is 2.67. The molecule has 0 saturated carbocycles. The highest BCUT2D eigenvalue weighted by Gasteiger charge is 2.37. The third-order valence-corrected chi connectivity index (χ3v) is 4.34. The lowest BCUT2D eigenvalue weighted by atomic mass is 10.1. The minimum atomic E-state index is -0.679. The molecule has 1 aromatic heterocycles. The maximum Gasteiger partial charge on any atom is 0.366 e. The summed E-state index contributed by atoms with van der Waals surface area (Å²) in [4.78, 5) is 53.4. The fourth-order valence-electron chi connectivity index (χ4n) is 3.04. The average molecular weight is 368 g/mol. The topological polar surface area (TPSA) is 123 Å². The molecule has 10 heteroatoms. The lowest BCUT2D eigenvalue weighted by Gasteiger charge is -2.26. The molecule has 27 heavy (non-hydrogen) atoms. The zero-order chi connectivity index (χ0) is 19.1. The normalized spacial score (nSPS) is 15.5. The van der Waals surface area contributed by atoms with Crippen molar-refractivity contribution in [3.05, 3.63) is 57.6 Å². The number of imide groups is 1. The van der Waals surface area contributed by atoms with Crippen molar-refractivity contribution < 1.29 is 24.0 Å². The standard InChI is InChI=1S/C17H12N4O6/c22-14-9-27-12-5-6-13(21(25)26)18-15(12)19(14)7-8-20-16(23)10-3-1-2-4-11(10)17(20)24/h1-6H,7-9H2. The Balaban J connectivity index is 1.58. The number of ether oxygens (including phenoxy) is 1. The molecule has 10 nitrogen and oxygen atoms in total. The van der Waals surface area contributed by atoms with E-state index in [1.54, 1.807) is 24.3 Å². The van der Waals surface area contributed by atoms with Crippen LogP contribution in [0.1, 0.15) is 20.7 Å². The second-order valence-electron chi connectivity index (χ2n) is 5.89. The highest BCUT2D eigenvalue weighted by atomic mass is 16.6. The maximum atomic E-state index is 12.4. The van der Waals surface area contributed by atoms with Gasteiger partial charge in [-0.15, -0.1) is 0 Å².